The molecule has 3 aromatic rings. The molecule has 4 rings (SSSR count). The van der Waals surface area contributed by atoms with Gasteiger partial charge < -0.3 is 14.2 Å². The van der Waals surface area contributed by atoms with Crippen molar-refractivity contribution in [2.45, 2.75) is 20.3 Å². The largest absolute Gasteiger partial charge is 0.378 e. The fraction of sp³-hybridized carbons (Fsp3) is 0.364. The van der Waals surface area contributed by atoms with Gasteiger partial charge in [0.25, 0.3) is 5.91 Å². The number of aromatic nitrogens is 2. The molecular formula is C22H23Cl2N3O2. The number of amides is 1. The molecule has 1 aromatic heterocycles. The zero-order valence-corrected chi connectivity index (χ0v) is 18.3. The molecule has 0 aliphatic carbocycles. The Morgan fingerprint density at radius 3 is 2.62 bits per heavy atom. The first kappa shape index (κ1) is 20.2. The molecule has 0 radical (unpaired) electrons. The molecule has 7 heteroatoms. The van der Waals surface area contributed by atoms with Gasteiger partial charge in [-0.2, -0.15) is 0 Å². The molecule has 0 unspecified atom stereocenters. The average Bonchev–Trinajstić information content (AvgIpc) is 3.01. The molecule has 2 heterocycles. The predicted octanol–water partition coefficient (Wildman–Crippen LogP) is 4.56. The molecule has 29 heavy (non-hydrogen) atoms. The van der Waals surface area contributed by atoms with E-state index in [9.17, 15) is 4.79 Å². The first-order chi connectivity index (χ1) is 13.9. The van der Waals surface area contributed by atoms with E-state index in [-0.39, 0.29) is 5.91 Å². The summed E-state index contributed by atoms with van der Waals surface area (Å²) in [6, 6.07) is 7.70. The number of ether oxygens (including phenoxy) is 1. The molecule has 1 saturated heterocycles. The summed E-state index contributed by atoms with van der Waals surface area (Å²) in [5.41, 5.74) is 5.57. The monoisotopic (exact) mass is 431 g/mol. The molecule has 0 saturated carbocycles. The quantitative estimate of drug-likeness (QED) is 0.610. The number of hydrogen-bond acceptors (Lipinski definition) is 3. The summed E-state index contributed by atoms with van der Waals surface area (Å²) in [4.78, 5) is 19.5. The normalized spacial score (nSPS) is 14.6. The van der Waals surface area contributed by atoms with Crippen molar-refractivity contribution in [1.29, 1.82) is 0 Å². The van der Waals surface area contributed by atoms with Gasteiger partial charge in [0.05, 0.1) is 34.8 Å². The van der Waals surface area contributed by atoms with Gasteiger partial charge in [0.1, 0.15) is 5.82 Å². The smallest absolute Gasteiger partial charge is 0.255 e. The highest BCUT2D eigenvalue weighted by molar-refractivity contribution is 6.38. The second-order valence-corrected chi connectivity index (χ2v) is 8.29. The number of carbonyl (C=O) groups excluding carboxylic acids is 1. The summed E-state index contributed by atoms with van der Waals surface area (Å²) in [6.07, 6.45) is 0.450. The standard InChI is InChI=1S/C22H23Cl2N3O2/c1-13-10-14(2)21-18(11-13)26(3)19(25-21)12-16-17(23)5-4-15(20(16)24)22(28)27-6-8-29-9-7-27/h4-5,10-11H,6-9,12H2,1-3H3. The van der Waals surface area contributed by atoms with Gasteiger partial charge in [-0.05, 0) is 48.7 Å². The van der Waals surface area contributed by atoms with Gasteiger partial charge in [0, 0.05) is 31.6 Å². The molecule has 0 bridgehead atoms. The number of morpholine rings is 1. The van der Waals surface area contributed by atoms with Crippen LogP contribution in [0.4, 0.5) is 0 Å². The van der Waals surface area contributed by atoms with Gasteiger partial charge >= 0.3 is 0 Å². The van der Waals surface area contributed by atoms with E-state index in [4.69, 9.17) is 32.9 Å². The number of aryl methyl sites for hydroxylation is 3. The third kappa shape index (κ3) is 3.75. The molecule has 0 atom stereocenters. The van der Waals surface area contributed by atoms with Crippen molar-refractivity contribution in [1.82, 2.24) is 14.5 Å². The van der Waals surface area contributed by atoms with Crippen LogP contribution in [0.15, 0.2) is 24.3 Å². The van der Waals surface area contributed by atoms with Gasteiger partial charge in [-0.25, -0.2) is 4.98 Å². The van der Waals surface area contributed by atoms with Crippen LogP contribution >= 0.6 is 23.2 Å². The summed E-state index contributed by atoms with van der Waals surface area (Å²) < 4.78 is 7.41. The Morgan fingerprint density at radius 2 is 1.90 bits per heavy atom. The number of nitrogens with zero attached hydrogens (tertiary/aromatic N) is 3. The van der Waals surface area contributed by atoms with Crippen molar-refractivity contribution in [3.05, 3.63) is 62.4 Å². The molecule has 1 aliphatic rings. The van der Waals surface area contributed by atoms with Crippen molar-refractivity contribution in [2.24, 2.45) is 7.05 Å². The Bertz CT molecular complexity index is 1100. The van der Waals surface area contributed by atoms with Crippen LogP contribution in [0.2, 0.25) is 10.0 Å². The summed E-state index contributed by atoms with van der Waals surface area (Å²) in [5, 5.41) is 0.933. The lowest BCUT2D eigenvalue weighted by Gasteiger charge is -2.27. The zero-order valence-electron chi connectivity index (χ0n) is 16.8. The predicted molar refractivity (Wildman–Crippen MR) is 116 cm³/mol. The molecule has 1 amide bonds. The zero-order chi connectivity index (χ0) is 20.7. The van der Waals surface area contributed by atoms with Crippen LogP contribution in [-0.2, 0) is 18.2 Å². The molecule has 2 aromatic carbocycles. The summed E-state index contributed by atoms with van der Waals surface area (Å²) in [6.45, 7) is 6.36. The molecule has 0 spiro atoms. The number of carbonyl (C=O) groups is 1. The molecular weight excluding hydrogens is 409 g/mol. The Labute approximate surface area is 180 Å². The highest BCUT2D eigenvalue weighted by Crippen LogP contribution is 2.32. The van der Waals surface area contributed by atoms with Crippen molar-refractivity contribution >= 4 is 40.1 Å². The van der Waals surface area contributed by atoms with Crippen molar-refractivity contribution in [2.75, 3.05) is 26.3 Å². The number of halogens is 2. The van der Waals surface area contributed by atoms with Crippen LogP contribution in [0.1, 0.15) is 32.9 Å². The maximum atomic E-state index is 12.9. The van der Waals surface area contributed by atoms with Crippen molar-refractivity contribution < 1.29 is 9.53 Å². The van der Waals surface area contributed by atoms with Crippen molar-refractivity contribution in [3.8, 4) is 0 Å². The third-order valence-corrected chi connectivity index (χ3v) is 6.25. The fourth-order valence-corrected chi connectivity index (χ4v) is 4.44. The van der Waals surface area contributed by atoms with E-state index in [2.05, 4.69) is 30.5 Å². The second-order valence-electron chi connectivity index (χ2n) is 7.51. The Kier molecular flexibility index (Phi) is 5.56. The lowest BCUT2D eigenvalue weighted by molar-refractivity contribution is 0.0303. The second kappa shape index (κ2) is 7.98. The van der Waals surface area contributed by atoms with Crippen LogP contribution in [-0.4, -0.2) is 46.7 Å². The van der Waals surface area contributed by atoms with Gasteiger partial charge in [0.2, 0.25) is 0 Å². The van der Waals surface area contributed by atoms with Gasteiger partial charge in [0.15, 0.2) is 0 Å². The minimum Gasteiger partial charge on any atom is -0.378 e. The Hall–Kier alpha value is -2.08. The lowest BCUT2D eigenvalue weighted by atomic mass is 10.1. The fourth-order valence-electron chi connectivity index (χ4n) is 3.86. The van der Waals surface area contributed by atoms with Crippen LogP contribution < -0.4 is 0 Å². The van der Waals surface area contributed by atoms with Gasteiger partial charge in [-0.15, -0.1) is 0 Å². The van der Waals surface area contributed by atoms with E-state index in [1.54, 1.807) is 17.0 Å². The van der Waals surface area contributed by atoms with Crippen LogP contribution in [0.3, 0.4) is 0 Å². The minimum absolute atomic E-state index is 0.0901. The highest BCUT2D eigenvalue weighted by Gasteiger charge is 2.24. The van der Waals surface area contributed by atoms with Crippen LogP contribution in [0, 0.1) is 13.8 Å². The SMILES string of the molecule is Cc1cc(C)c2nc(Cc3c(Cl)ccc(C(=O)N4CCOCC4)c3Cl)n(C)c2c1. The molecule has 5 nitrogen and oxygen atoms in total. The van der Waals surface area contributed by atoms with E-state index >= 15 is 0 Å². The Morgan fingerprint density at radius 1 is 1.17 bits per heavy atom. The third-order valence-electron chi connectivity index (χ3n) is 5.46. The molecule has 1 aliphatic heterocycles. The number of hydrogen-bond donors (Lipinski definition) is 0. The van der Waals surface area contributed by atoms with E-state index in [0.717, 1.165) is 28.0 Å². The molecule has 0 N–H and O–H groups in total. The van der Waals surface area contributed by atoms with E-state index in [1.165, 1.54) is 5.56 Å². The van der Waals surface area contributed by atoms with Gasteiger partial charge in [-0.1, -0.05) is 29.3 Å². The minimum atomic E-state index is -0.0901. The van der Waals surface area contributed by atoms with Gasteiger partial charge in [-0.3, -0.25) is 4.79 Å². The van der Waals surface area contributed by atoms with E-state index in [0.29, 0.717) is 48.3 Å². The lowest BCUT2D eigenvalue weighted by Crippen LogP contribution is -2.40. The number of fused-ring (bicyclic) bond motifs is 1. The van der Waals surface area contributed by atoms with Crippen molar-refractivity contribution in [3.63, 3.8) is 0 Å². The highest BCUT2D eigenvalue weighted by atomic mass is 35.5. The Balaban J connectivity index is 1.72. The summed E-state index contributed by atoms with van der Waals surface area (Å²) in [5.74, 6) is 0.765. The van der Waals surface area contributed by atoms with E-state index < -0.39 is 0 Å². The van der Waals surface area contributed by atoms with Crippen LogP contribution in [0.25, 0.3) is 11.0 Å². The number of benzene rings is 2. The van der Waals surface area contributed by atoms with E-state index in [1.807, 2.05) is 7.05 Å². The maximum absolute atomic E-state index is 12.9. The average molecular weight is 432 g/mol. The number of rotatable bonds is 3. The number of imidazole rings is 1. The maximum Gasteiger partial charge on any atom is 0.255 e. The van der Waals surface area contributed by atoms with Crippen LogP contribution in [0.5, 0.6) is 0 Å². The summed E-state index contributed by atoms with van der Waals surface area (Å²) in [7, 11) is 1.99. The summed E-state index contributed by atoms with van der Waals surface area (Å²) >= 11 is 13.2. The topological polar surface area (TPSA) is 47.4 Å². The molecule has 1 fully saturated rings. The first-order valence-corrected chi connectivity index (χ1v) is 10.4. The molecule has 152 valence electrons. The first-order valence-electron chi connectivity index (χ1n) is 9.63.